The number of rotatable bonds is 2. The molecule has 4 nitrogen and oxygen atoms in total. The van der Waals surface area contributed by atoms with E-state index in [0.29, 0.717) is 13.0 Å². The molecule has 19 heavy (non-hydrogen) atoms. The van der Waals surface area contributed by atoms with Crippen molar-refractivity contribution in [3.8, 4) is 0 Å². The van der Waals surface area contributed by atoms with Crippen molar-refractivity contribution in [3.05, 3.63) is 35.9 Å². The SMILES string of the molecule is NCC1(O)CCC2CC1CN2C(=O)c1ccccc1. The molecule has 1 aromatic carbocycles. The van der Waals surface area contributed by atoms with Crippen LogP contribution < -0.4 is 5.73 Å². The van der Waals surface area contributed by atoms with Crippen LogP contribution in [0.15, 0.2) is 30.3 Å². The van der Waals surface area contributed by atoms with Gasteiger partial charge in [-0.25, -0.2) is 0 Å². The quantitative estimate of drug-likeness (QED) is 0.833. The lowest BCUT2D eigenvalue weighted by Crippen LogP contribution is -2.47. The fourth-order valence-electron chi connectivity index (χ4n) is 3.46. The smallest absolute Gasteiger partial charge is 0.254 e. The molecule has 102 valence electrons. The fraction of sp³-hybridized carbons (Fsp3) is 0.533. The predicted molar refractivity (Wildman–Crippen MR) is 72.6 cm³/mol. The number of hydrogen-bond acceptors (Lipinski definition) is 3. The average molecular weight is 260 g/mol. The number of benzene rings is 1. The van der Waals surface area contributed by atoms with E-state index in [1.54, 1.807) is 0 Å². The summed E-state index contributed by atoms with van der Waals surface area (Å²) >= 11 is 0. The van der Waals surface area contributed by atoms with Crippen LogP contribution in [0.5, 0.6) is 0 Å². The normalized spacial score (nSPS) is 33.5. The van der Waals surface area contributed by atoms with Gasteiger partial charge in [-0.2, -0.15) is 0 Å². The first-order chi connectivity index (χ1) is 9.14. The standard InChI is InChI=1S/C15H20N2O2/c16-10-15(19)7-6-13-8-12(15)9-17(13)14(18)11-4-2-1-3-5-11/h1-5,12-13,19H,6-10,16H2. The molecule has 1 saturated heterocycles. The van der Waals surface area contributed by atoms with Gasteiger partial charge in [0, 0.05) is 30.6 Å². The maximum absolute atomic E-state index is 12.5. The number of likely N-dealkylation sites (tertiary alicyclic amines) is 1. The number of fused-ring (bicyclic) bond motifs is 2. The van der Waals surface area contributed by atoms with E-state index < -0.39 is 5.60 Å². The molecule has 1 aliphatic heterocycles. The molecule has 1 aliphatic carbocycles. The van der Waals surface area contributed by atoms with Gasteiger partial charge in [-0.15, -0.1) is 0 Å². The Labute approximate surface area is 113 Å². The number of carbonyl (C=O) groups is 1. The molecule has 2 bridgehead atoms. The van der Waals surface area contributed by atoms with Crippen LogP contribution in [-0.4, -0.2) is 40.6 Å². The lowest BCUT2D eigenvalue weighted by molar-refractivity contribution is -0.0246. The molecule has 0 spiro atoms. The van der Waals surface area contributed by atoms with Crippen molar-refractivity contribution in [1.29, 1.82) is 0 Å². The van der Waals surface area contributed by atoms with Crippen molar-refractivity contribution in [2.75, 3.05) is 13.1 Å². The second kappa shape index (κ2) is 4.62. The van der Waals surface area contributed by atoms with E-state index in [1.165, 1.54) is 0 Å². The van der Waals surface area contributed by atoms with E-state index in [-0.39, 0.29) is 24.4 Å². The molecule has 3 N–H and O–H groups in total. The summed E-state index contributed by atoms with van der Waals surface area (Å²) in [6, 6.07) is 9.63. The van der Waals surface area contributed by atoms with Crippen molar-refractivity contribution in [3.63, 3.8) is 0 Å². The number of aliphatic hydroxyl groups is 1. The van der Waals surface area contributed by atoms with Crippen LogP contribution in [-0.2, 0) is 0 Å². The van der Waals surface area contributed by atoms with Gasteiger partial charge < -0.3 is 15.7 Å². The Morgan fingerprint density at radius 3 is 2.84 bits per heavy atom. The molecule has 3 atom stereocenters. The number of nitrogens with two attached hydrogens (primary N) is 1. The van der Waals surface area contributed by atoms with Crippen LogP contribution in [0.3, 0.4) is 0 Å². The van der Waals surface area contributed by atoms with E-state index in [1.807, 2.05) is 35.2 Å². The number of carbonyl (C=O) groups excluding carboxylic acids is 1. The Bertz CT molecular complexity index is 476. The average Bonchev–Trinajstić information content (AvgIpc) is 2.84. The Hall–Kier alpha value is -1.39. The fourth-order valence-corrected chi connectivity index (χ4v) is 3.46. The van der Waals surface area contributed by atoms with Crippen LogP contribution in [0.4, 0.5) is 0 Å². The summed E-state index contributed by atoms with van der Waals surface area (Å²) in [5.74, 6) is 0.207. The molecule has 4 heteroatoms. The number of hydrogen-bond donors (Lipinski definition) is 2. The third kappa shape index (κ3) is 2.05. The molecule has 2 aliphatic rings. The van der Waals surface area contributed by atoms with Gasteiger partial charge in [0.2, 0.25) is 0 Å². The Balaban J connectivity index is 1.80. The van der Waals surface area contributed by atoms with Crippen molar-refractivity contribution < 1.29 is 9.90 Å². The highest BCUT2D eigenvalue weighted by atomic mass is 16.3. The zero-order chi connectivity index (χ0) is 13.5. The van der Waals surface area contributed by atoms with Crippen LogP contribution in [0.25, 0.3) is 0 Å². The first-order valence-corrected chi connectivity index (χ1v) is 6.92. The van der Waals surface area contributed by atoms with E-state index in [9.17, 15) is 9.90 Å². The summed E-state index contributed by atoms with van der Waals surface area (Å²) in [6.45, 7) is 0.920. The van der Waals surface area contributed by atoms with E-state index in [2.05, 4.69) is 0 Å². The predicted octanol–water partition coefficient (Wildman–Crippen LogP) is 1.00. The van der Waals surface area contributed by atoms with E-state index >= 15 is 0 Å². The molecule has 1 heterocycles. The second-order valence-corrected chi connectivity index (χ2v) is 5.76. The molecule has 1 aromatic rings. The molecule has 3 rings (SSSR count). The maximum Gasteiger partial charge on any atom is 0.254 e. The van der Waals surface area contributed by atoms with Gasteiger partial charge in [0.25, 0.3) is 5.91 Å². The van der Waals surface area contributed by atoms with Crippen LogP contribution in [0, 0.1) is 5.92 Å². The molecule has 3 unspecified atom stereocenters. The summed E-state index contributed by atoms with van der Waals surface area (Å²) in [7, 11) is 0. The monoisotopic (exact) mass is 260 g/mol. The number of amides is 1. The number of nitrogens with zero attached hydrogens (tertiary/aromatic N) is 1. The highest BCUT2D eigenvalue weighted by molar-refractivity contribution is 5.94. The van der Waals surface area contributed by atoms with Gasteiger partial charge in [0.15, 0.2) is 0 Å². The Morgan fingerprint density at radius 1 is 1.42 bits per heavy atom. The molecule has 1 saturated carbocycles. The second-order valence-electron chi connectivity index (χ2n) is 5.76. The minimum Gasteiger partial charge on any atom is -0.388 e. The topological polar surface area (TPSA) is 66.6 Å². The summed E-state index contributed by atoms with van der Waals surface area (Å²) in [5, 5.41) is 10.5. The molecule has 1 amide bonds. The van der Waals surface area contributed by atoms with E-state index in [0.717, 1.165) is 18.4 Å². The molecular weight excluding hydrogens is 240 g/mol. The van der Waals surface area contributed by atoms with Gasteiger partial charge in [-0.3, -0.25) is 4.79 Å². The summed E-state index contributed by atoms with van der Waals surface area (Å²) in [4.78, 5) is 14.4. The summed E-state index contributed by atoms with van der Waals surface area (Å²) < 4.78 is 0. The Morgan fingerprint density at radius 2 is 2.16 bits per heavy atom. The van der Waals surface area contributed by atoms with Crippen LogP contribution >= 0.6 is 0 Å². The summed E-state index contributed by atoms with van der Waals surface area (Å²) in [6.07, 6.45) is 2.44. The first-order valence-electron chi connectivity index (χ1n) is 6.92. The van der Waals surface area contributed by atoms with Gasteiger partial charge in [0.1, 0.15) is 0 Å². The molecular formula is C15H20N2O2. The minimum atomic E-state index is -0.776. The third-order valence-corrected chi connectivity index (χ3v) is 4.72. The zero-order valence-corrected chi connectivity index (χ0v) is 11.0. The lowest BCUT2D eigenvalue weighted by atomic mass is 9.76. The van der Waals surface area contributed by atoms with Crippen molar-refractivity contribution in [2.24, 2.45) is 11.7 Å². The van der Waals surface area contributed by atoms with Gasteiger partial charge in [0.05, 0.1) is 5.60 Å². The minimum absolute atomic E-state index is 0.0781. The molecule has 0 aromatic heterocycles. The van der Waals surface area contributed by atoms with Crippen molar-refractivity contribution >= 4 is 5.91 Å². The van der Waals surface area contributed by atoms with Crippen LogP contribution in [0.2, 0.25) is 0 Å². The van der Waals surface area contributed by atoms with Gasteiger partial charge in [-0.1, -0.05) is 18.2 Å². The highest BCUT2D eigenvalue weighted by Crippen LogP contribution is 2.42. The third-order valence-electron chi connectivity index (χ3n) is 4.72. The van der Waals surface area contributed by atoms with Crippen LogP contribution in [0.1, 0.15) is 29.6 Å². The molecule has 0 radical (unpaired) electrons. The zero-order valence-electron chi connectivity index (χ0n) is 11.0. The van der Waals surface area contributed by atoms with Gasteiger partial charge >= 0.3 is 0 Å². The lowest BCUT2D eigenvalue weighted by Gasteiger charge is -2.35. The van der Waals surface area contributed by atoms with Gasteiger partial charge in [-0.05, 0) is 31.4 Å². The van der Waals surface area contributed by atoms with E-state index in [4.69, 9.17) is 5.73 Å². The van der Waals surface area contributed by atoms with Crippen molar-refractivity contribution in [1.82, 2.24) is 4.90 Å². The Kier molecular flexibility index (Phi) is 3.07. The first kappa shape index (κ1) is 12.6. The van der Waals surface area contributed by atoms with Crippen molar-refractivity contribution in [2.45, 2.75) is 30.9 Å². The highest BCUT2D eigenvalue weighted by Gasteiger charge is 2.49. The molecule has 2 fully saturated rings. The largest absolute Gasteiger partial charge is 0.388 e. The maximum atomic E-state index is 12.5. The summed E-state index contributed by atoms with van der Waals surface area (Å²) in [5.41, 5.74) is 5.65.